The summed E-state index contributed by atoms with van der Waals surface area (Å²) in [5.74, 6) is 0.125. The number of anilines is 1. The van der Waals surface area contributed by atoms with Gasteiger partial charge in [-0.1, -0.05) is 27.5 Å². The Morgan fingerprint density at radius 1 is 1.10 bits per heavy atom. The lowest BCUT2D eigenvalue weighted by Crippen LogP contribution is -2.39. The van der Waals surface area contributed by atoms with E-state index in [1.807, 2.05) is 20.8 Å². The summed E-state index contributed by atoms with van der Waals surface area (Å²) < 4.78 is 6.19. The van der Waals surface area contributed by atoms with E-state index >= 15 is 0 Å². The summed E-state index contributed by atoms with van der Waals surface area (Å²) in [5, 5.41) is 3.06. The molecule has 1 aliphatic rings. The standard InChI is InChI=1S/C12H8BrClN2O.C10H19NO2/c13-9-5-3-8(4-6-9)12(17)16-11-10(14)2-1-7-15-11;1-10(2,3)13-9(12)11-7-5-4-6-8-11/h1-7H,(H,15,16,17);4-8H2,1-3H3. The van der Waals surface area contributed by atoms with Crippen molar-refractivity contribution in [2.45, 2.75) is 45.6 Å². The highest BCUT2D eigenvalue weighted by molar-refractivity contribution is 9.10. The van der Waals surface area contributed by atoms with Gasteiger partial charge in [0.25, 0.3) is 5.91 Å². The number of nitrogens with one attached hydrogen (secondary N) is 1. The first-order valence-corrected chi connectivity index (χ1v) is 11.0. The Labute approximate surface area is 191 Å². The van der Waals surface area contributed by atoms with E-state index in [1.165, 1.54) is 6.42 Å². The first-order valence-electron chi connectivity index (χ1n) is 9.81. The molecular formula is C22H27BrClN3O3. The van der Waals surface area contributed by atoms with E-state index in [4.69, 9.17) is 16.3 Å². The van der Waals surface area contributed by atoms with Crippen molar-refractivity contribution in [3.05, 3.63) is 57.7 Å². The van der Waals surface area contributed by atoms with Crippen LogP contribution < -0.4 is 5.32 Å². The second kappa shape index (κ2) is 11.3. The lowest BCUT2D eigenvalue weighted by molar-refractivity contribution is 0.0216. The maximum Gasteiger partial charge on any atom is 0.410 e. The molecular weight excluding hydrogens is 470 g/mol. The zero-order valence-corrected chi connectivity index (χ0v) is 19.8. The van der Waals surface area contributed by atoms with Crippen LogP contribution in [0.5, 0.6) is 0 Å². The van der Waals surface area contributed by atoms with Crippen LogP contribution in [0.1, 0.15) is 50.4 Å². The molecule has 0 bridgehead atoms. The molecule has 3 rings (SSSR count). The molecule has 1 aliphatic heterocycles. The number of hydrogen-bond acceptors (Lipinski definition) is 4. The van der Waals surface area contributed by atoms with Gasteiger partial charge in [-0.3, -0.25) is 4.79 Å². The summed E-state index contributed by atoms with van der Waals surface area (Å²) in [6.45, 7) is 7.41. The Morgan fingerprint density at radius 3 is 2.30 bits per heavy atom. The van der Waals surface area contributed by atoms with Crippen molar-refractivity contribution in [2.75, 3.05) is 18.4 Å². The quantitative estimate of drug-likeness (QED) is 0.541. The fraction of sp³-hybridized carbons (Fsp3) is 0.409. The number of benzene rings is 1. The average molecular weight is 497 g/mol. The fourth-order valence-electron chi connectivity index (χ4n) is 2.66. The van der Waals surface area contributed by atoms with Gasteiger partial charge in [0.2, 0.25) is 0 Å². The van der Waals surface area contributed by atoms with Crippen LogP contribution in [0.2, 0.25) is 5.02 Å². The summed E-state index contributed by atoms with van der Waals surface area (Å²) in [6, 6.07) is 10.4. The molecule has 1 N–H and O–H groups in total. The van der Waals surface area contributed by atoms with Crippen LogP contribution in [0.25, 0.3) is 0 Å². The van der Waals surface area contributed by atoms with E-state index in [9.17, 15) is 9.59 Å². The number of carbonyl (C=O) groups excluding carboxylic acids is 2. The number of hydrogen-bond donors (Lipinski definition) is 1. The second-order valence-corrected chi connectivity index (χ2v) is 9.15. The Hall–Kier alpha value is -2.12. The average Bonchev–Trinajstić information content (AvgIpc) is 2.70. The summed E-state index contributed by atoms with van der Waals surface area (Å²) in [4.78, 5) is 29.2. The molecule has 0 saturated carbocycles. The van der Waals surface area contributed by atoms with Crippen LogP contribution in [0, 0.1) is 0 Å². The molecule has 8 heteroatoms. The molecule has 30 heavy (non-hydrogen) atoms. The molecule has 2 aromatic rings. The number of pyridine rings is 1. The normalized spacial score (nSPS) is 13.7. The molecule has 0 radical (unpaired) electrons. The van der Waals surface area contributed by atoms with E-state index in [0.29, 0.717) is 16.4 Å². The van der Waals surface area contributed by atoms with Crippen LogP contribution >= 0.6 is 27.5 Å². The number of halogens is 2. The topological polar surface area (TPSA) is 71.5 Å². The molecule has 0 atom stereocenters. The molecule has 0 unspecified atom stereocenters. The summed E-state index contributed by atoms with van der Waals surface area (Å²) in [5.41, 5.74) is 0.184. The molecule has 1 fully saturated rings. The van der Waals surface area contributed by atoms with Gasteiger partial charge in [-0.2, -0.15) is 0 Å². The van der Waals surface area contributed by atoms with E-state index in [0.717, 1.165) is 30.4 Å². The van der Waals surface area contributed by atoms with Crippen LogP contribution in [-0.4, -0.2) is 40.6 Å². The number of amides is 2. The minimum absolute atomic E-state index is 0.160. The number of ether oxygens (including phenoxy) is 1. The van der Waals surface area contributed by atoms with E-state index in [2.05, 4.69) is 26.2 Å². The third-order valence-corrected chi connectivity index (χ3v) is 4.94. The monoisotopic (exact) mass is 495 g/mol. The summed E-state index contributed by atoms with van der Waals surface area (Å²) >= 11 is 9.20. The zero-order chi connectivity index (χ0) is 22.1. The first kappa shape index (κ1) is 24.2. The van der Waals surface area contributed by atoms with Crippen molar-refractivity contribution >= 4 is 45.3 Å². The molecule has 1 aromatic heterocycles. The number of nitrogens with zero attached hydrogens (tertiary/aromatic N) is 2. The molecule has 1 aromatic carbocycles. The van der Waals surface area contributed by atoms with Gasteiger partial charge in [0, 0.05) is 29.3 Å². The smallest absolute Gasteiger partial charge is 0.410 e. The van der Waals surface area contributed by atoms with Crippen molar-refractivity contribution in [3.8, 4) is 0 Å². The van der Waals surface area contributed by atoms with Gasteiger partial charge in [-0.25, -0.2) is 9.78 Å². The van der Waals surface area contributed by atoms with Crippen molar-refractivity contribution in [2.24, 2.45) is 0 Å². The van der Waals surface area contributed by atoms with Gasteiger partial charge >= 0.3 is 6.09 Å². The predicted octanol–water partition coefficient (Wildman–Crippen LogP) is 6.16. The number of aromatic nitrogens is 1. The van der Waals surface area contributed by atoms with Crippen LogP contribution in [0.3, 0.4) is 0 Å². The van der Waals surface area contributed by atoms with Crippen LogP contribution in [0.4, 0.5) is 10.6 Å². The van der Waals surface area contributed by atoms with Crippen molar-refractivity contribution in [1.29, 1.82) is 0 Å². The maximum atomic E-state index is 11.9. The van der Waals surface area contributed by atoms with E-state index in [1.54, 1.807) is 47.5 Å². The van der Waals surface area contributed by atoms with Gasteiger partial charge in [-0.15, -0.1) is 0 Å². The Morgan fingerprint density at radius 2 is 1.73 bits per heavy atom. The Bertz CT molecular complexity index is 847. The van der Waals surface area contributed by atoms with Crippen molar-refractivity contribution in [3.63, 3.8) is 0 Å². The summed E-state index contributed by atoms with van der Waals surface area (Å²) in [7, 11) is 0. The van der Waals surface area contributed by atoms with E-state index < -0.39 is 0 Å². The predicted molar refractivity (Wildman–Crippen MR) is 123 cm³/mol. The Kier molecular flexibility index (Phi) is 9.11. The maximum absolute atomic E-state index is 11.9. The minimum atomic E-state index is -0.367. The number of likely N-dealkylation sites (tertiary alicyclic amines) is 1. The van der Waals surface area contributed by atoms with Crippen LogP contribution in [-0.2, 0) is 4.74 Å². The Balaban J connectivity index is 0.000000222. The van der Waals surface area contributed by atoms with Gasteiger partial charge in [0.15, 0.2) is 5.82 Å². The second-order valence-electron chi connectivity index (χ2n) is 7.82. The highest BCUT2D eigenvalue weighted by Gasteiger charge is 2.22. The third kappa shape index (κ3) is 8.32. The number of piperidine rings is 1. The minimum Gasteiger partial charge on any atom is -0.444 e. The molecule has 2 amide bonds. The molecule has 0 aliphatic carbocycles. The van der Waals surface area contributed by atoms with Crippen molar-refractivity contribution in [1.82, 2.24) is 9.88 Å². The highest BCUT2D eigenvalue weighted by Crippen LogP contribution is 2.19. The van der Waals surface area contributed by atoms with Gasteiger partial charge < -0.3 is 15.0 Å². The number of carbonyl (C=O) groups is 2. The molecule has 0 spiro atoms. The van der Waals surface area contributed by atoms with Gasteiger partial charge in [0.1, 0.15) is 5.60 Å². The molecule has 162 valence electrons. The lowest BCUT2D eigenvalue weighted by atomic mass is 10.1. The SMILES string of the molecule is CC(C)(C)OC(=O)N1CCCCC1.O=C(Nc1ncccc1Cl)c1ccc(Br)cc1. The van der Waals surface area contributed by atoms with Crippen LogP contribution in [0.15, 0.2) is 47.1 Å². The number of rotatable bonds is 2. The molecule has 6 nitrogen and oxygen atoms in total. The van der Waals surface area contributed by atoms with Crippen molar-refractivity contribution < 1.29 is 14.3 Å². The highest BCUT2D eigenvalue weighted by atomic mass is 79.9. The molecule has 2 heterocycles. The third-order valence-electron chi connectivity index (χ3n) is 4.10. The molecule has 1 saturated heterocycles. The van der Waals surface area contributed by atoms with Gasteiger partial charge in [0.05, 0.1) is 5.02 Å². The van der Waals surface area contributed by atoms with E-state index in [-0.39, 0.29) is 17.6 Å². The largest absolute Gasteiger partial charge is 0.444 e. The lowest BCUT2D eigenvalue weighted by Gasteiger charge is -2.29. The van der Waals surface area contributed by atoms with Gasteiger partial charge in [-0.05, 0) is 76.4 Å². The fourth-order valence-corrected chi connectivity index (χ4v) is 3.09. The zero-order valence-electron chi connectivity index (χ0n) is 17.5. The summed E-state index contributed by atoms with van der Waals surface area (Å²) in [6.07, 6.45) is 4.87. The first-order chi connectivity index (χ1) is 14.2.